The number of hydrogen-bond acceptors (Lipinski definition) is 8. The summed E-state index contributed by atoms with van der Waals surface area (Å²) in [6.45, 7) is 3.48. The van der Waals surface area contributed by atoms with E-state index >= 15 is 0 Å². The van der Waals surface area contributed by atoms with Gasteiger partial charge in [0.05, 0.1) is 18.1 Å². The number of thiazole rings is 1. The van der Waals surface area contributed by atoms with Crippen molar-refractivity contribution in [2.24, 2.45) is 0 Å². The molecule has 2 amide bonds. The van der Waals surface area contributed by atoms with Gasteiger partial charge in [0.15, 0.2) is 5.13 Å². The molecule has 0 bridgehead atoms. The van der Waals surface area contributed by atoms with Gasteiger partial charge in [-0.3, -0.25) is 24.6 Å². The Balaban J connectivity index is 1.71. The first-order chi connectivity index (χ1) is 14.0. The van der Waals surface area contributed by atoms with Crippen LogP contribution in [0.25, 0.3) is 0 Å². The minimum atomic E-state index is -0.552. The van der Waals surface area contributed by atoms with Crippen LogP contribution in [0.15, 0.2) is 35.8 Å². The molecular formula is C18H21N5O5S. The van der Waals surface area contributed by atoms with Crippen LogP contribution in [0, 0.1) is 10.1 Å². The van der Waals surface area contributed by atoms with E-state index in [1.165, 1.54) is 40.5 Å². The van der Waals surface area contributed by atoms with Gasteiger partial charge >= 0.3 is 0 Å². The highest BCUT2D eigenvalue weighted by Crippen LogP contribution is 2.16. The Morgan fingerprint density at radius 2 is 2.14 bits per heavy atom. The van der Waals surface area contributed by atoms with Crippen molar-refractivity contribution >= 4 is 34.0 Å². The molecule has 2 aromatic rings. The summed E-state index contributed by atoms with van der Waals surface area (Å²) in [4.78, 5) is 43.4. The van der Waals surface area contributed by atoms with Crippen LogP contribution in [0.5, 0.6) is 0 Å². The lowest BCUT2D eigenvalue weighted by molar-refractivity contribution is -0.384. The fourth-order valence-electron chi connectivity index (χ4n) is 2.89. The van der Waals surface area contributed by atoms with Crippen molar-refractivity contribution in [3.8, 4) is 0 Å². The van der Waals surface area contributed by atoms with Crippen molar-refractivity contribution in [3.63, 3.8) is 0 Å². The molecule has 0 aliphatic carbocycles. The molecular weight excluding hydrogens is 398 g/mol. The molecule has 1 aliphatic rings. The van der Waals surface area contributed by atoms with E-state index in [-0.39, 0.29) is 23.7 Å². The third kappa shape index (κ3) is 6.04. The molecule has 3 rings (SSSR count). The maximum atomic E-state index is 13.0. The van der Waals surface area contributed by atoms with Crippen molar-refractivity contribution < 1.29 is 19.2 Å². The smallest absolute Gasteiger partial charge is 0.270 e. The molecule has 0 unspecified atom stereocenters. The normalized spacial score (nSPS) is 14.3. The first kappa shape index (κ1) is 20.8. The first-order valence-corrected chi connectivity index (χ1v) is 9.94. The van der Waals surface area contributed by atoms with Crippen molar-refractivity contribution in [2.75, 3.05) is 51.3 Å². The molecule has 1 saturated heterocycles. The fourth-order valence-corrected chi connectivity index (χ4v) is 3.44. The monoisotopic (exact) mass is 419 g/mol. The number of ether oxygens (including phenoxy) is 1. The number of non-ortho nitro benzene ring substituents is 1. The van der Waals surface area contributed by atoms with Gasteiger partial charge in [0, 0.05) is 55.5 Å². The molecule has 154 valence electrons. The second-order valence-electron chi connectivity index (χ2n) is 6.37. The van der Waals surface area contributed by atoms with Crippen molar-refractivity contribution in [2.45, 2.75) is 0 Å². The SMILES string of the molecule is O=C(CN(CCN1CCOCC1)C(=O)c1cccc([N+](=O)[O-])c1)Nc1nccs1. The van der Waals surface area contributed by atoms with E-state index in [0.29, 0.717) is 31.4 Å². The quantitative estimate of drug-likeness (QED) is 0.508. The molecule has 11 heteroatoms. The Kier molecular flexibility index (Phi) is 7.22. The highest BCUT2D eigenvalue weighted by molar-refractivity contribution is 7.13. The zero-order valence-electron chi connectivity index (χ0n) is 15.7. The Labute approximate surface area is 171 Å². The third-order valence-electron chi connectivity index (χ3n) is 4.39. The Hall–Kier alpha value is -2.89. The number of benzene rings is 1. The Bertz CT molecular complexity index is 854. The van der Waals surface area contributed by atoms with Crippen LogP contribution in [0.1, 0.15) is 10.4 Å². The molecule has 0 atom stereocenters. The number of nitrogens with one attached hydrogen (secondary N) is 1. The van der Waals surface area contributed by atoms with E-state index in [2.05, 4.69) is 15.2 Å². The summed E-state index contributed by atoms with van der Waals surface area (Å²) in [5.41, 5.74) is -0.000516. The molecule has 1 fully saturated rings. The van der Waals surface area contributed by atoms with Gasteiger partial charge < -0.3 is 15.0 Å². The number of nitrogens with zero attached hydrogens (tertiary/aromatic N) is 4. The number of anilines is 1. The van der Waals surface area contributed by atoms with E-state index in [4.69, 9.17) is 4.74 Å². The predicted molar refractivity (Wildman–Crippen MR) is 107 cm³/mol. The number of rotatable bonds is 8. The van der Waals surface area contributed by atoms with Gasteiger partial charge in [-0.15, -0.1) is 11.3 Å². The molecule has 0 spiro atoms. The summed E-state index contributed by atoms with van der Waals surface area (Å²) < 4.78 is 5.33. The zero-order valence-corrected chi connectivity index (χ0v) is 16.5. The van der Waals surface area contributed by atoms with Crippen LogP contribution in [0.2, 0.25) is 0 Å². The maximum Gasteiger partial charge on any atom is 0.270 e. The molecule has 0 saturated carbocycles. The van der Waals surface area contributed by atoms with Gasteiger partial charge in [-0.2, -0.15) is 0 Å². The second-order valence-corrected chi connectivity index (χ2v) is 7.27. The van der Waals surface area contributed by atoms with Crippen molar-refractivity contribution in [3.05, 3.63) is 51.5 Å². The molecule has 0 radical (unpaired) electrons. The van der Waals surface area contributed by atoms with Crippen molar-refractivity contribution in [1.82, 2.24) is 14.8 Å². The number of nitro groups is 1. The summed E-state index contributed by atoms with van der Waals surface area (Å²) >= 11 is 1.28. The lowest BCUT2D eigenvalue weighted by Crippen LogP contribution is -2.45. The van der Waals surface area contributed by atoms with Gasteiger partial charge in [-0.1, -0.05) is 6.07 Å². The van der Waals surface area contributed by atoms with E-state index in [1.54, 1.807) is 11.6 Å². The summed E-state index contributed by atoms with van der Waals surface area (Å²) in [5, 5.41) is 15.9. The van der Waals surface area contributed by atoms with Crippen LogP contribution in [-0.2, 0) is 9.53 Å². The number of carbonyl (C=O) groups excluding carboxylic acids is 2. The van der Waals surface area contributed by atoms with Gasteiger partial charge in [0.2, 0.25) is 5.91 Å². The number of aromatic nitrogens is 1. The molecule has 1 aromatic carbocycles. The summed E-state index contributed by atoms with van der Waals surface area (Å²) in [6, 6.07) is 5.52. The number of hydrogen-bond donors (Lipinski definition) is 1. The van der Waals surface area contributed by atoms with Crippen LogP contribution in [-0.4, -0.2) is 77.5 Å². The third-order valence-corrected chi connectivity index (χ3v) is 5.08. The van der Waals surface area contributed by atoms with E-state index < -0.39 is 10.8 Å². The maximum absolute atomic E-state index is 13.0. The number of nitro benzene ring substituents is 1. The number of carbonyl (C=O) groups is 2. The van der Waals surface area contributed by atoms with Crippen LogP contribution in [0.3, 0.4) is 0 Å². The van der Waals surface area contributed by atoms with E-state index in [0.717, 1.165) is 13.1 Å². The van der Waals surface area contributed by atoms with Gasteiger partial charge in [-0.25, -0.2) is 4.98 Å². The summed E-state index contributed by atoms with van der Waals surface area (Å²) in [5.74, 6) is -0.808. The standard InChI is InChI=1S/C18H21N5O5S/c24-16(20-18-19-4-11-29-18)13-22(6-5-21-7-9-28-10-8-21)17(25)14-2-1-3-15(12-14)23(26)27/h1-4,11-12H,5-10,13H2,(H,19,20,24). The molecule has 1 N–H and O–H groups in total. The highest BCUT2D eigenvalue weighted by Gasteiger charge is 2.22. The van der Waals surface area contributed by atoms with Crippen LogP contribution < -0.4 is 5.32 Å². The van der Waals surface area contributed by atoms with Gasteiger partial charge in [0.25, 0.3) is 11.6 Å². The number of morpholine rings is 1. The van der Waals surface area contributed by atoms with E-state index in [1.807, 2.05) is 0 Å². The minimum Gasteiger partial charge on any atom is -0.379 e. The average molecular weight is 419 g/mol. The first-order valence-electron chi connectivity index (χ1n) is 9.06. The molecule has 29 heavy (non-hydrogen) atoms. The molecule has 2 heterocycles. The topological polar surface area (TPSA) is 118 Å². The van der Waals surface area contributed by atoms with E-state index in [9.17, 15) is 19.7 Å². The minimum absolute atomic E-state index is 0.170. The average Bonchev–Trinajstić information content (AvgIpc) is 3.24. The van der Waals surface area contributed by atoms with Gasteiger partial charge in [0.1, 0.15) is 6.54 Å². The predicted octanol–water partition coefficient (Wildman–Crippen LogP) is 1.46. The molecule has 1 aliphatic heterocycles. The largest absolute Gasteiger partial charge is 0.379 e. The van der Waals surface area contributed by atoms with Crippen LogP contribution >= 0.6 is 11.3 Å². The summed E-state index contributed by atoms with van der Waals surface area (Å²) in [6.07, 6.45) is 1.57. The highest BCUT2D eigenvalue weighted by atomic mass is 32.1. The lowest BCUT2D eigenvalue weighted by atomic mass is 10.1. The Morgan fingerprint density at radius 1 is 1.34 bits per heavy atom. The summed E-state index contributed by atoms with van der Waals surface area (Å²) in [7, 11) is 0. The molecule has 1 aromatic heterocycles. The number of amides is 2. The Morgan fingerprint density at radius 3 is 2.83 bits per heavy atom. The van der Waals surface area contributed by atoms with Crippen molar-refractivity contribution in [1.29, 1.82) is 0 Å². The fraction of sp³-hybridized carbons (Fsp3) is 0.389. The van der Waals surface area contributed by atoms with Gasteiger partial charge in [-0.05, 0) is 6.07 Å². The second kappa shape index (κ2) is 10.0. The van der Waals surface area contributed by atoms with Crippen LogP contribution in [0.4, 0.5) is 10.8 Å². The zero-order chi connectivity index (χ0) is 20.6. The molecule has 10 nitrogen and oxygen atoms in total. The lowest BCUT2D eigenvalue weighted by Gasteiger charge is -2.30.